The van der Waals surface area contributed by atoms with Gasteiger partial charge in [0.2, 0.25) is 0 Å². The van der Waals surface area contributed by atoms with E-state index >= 15 is 0 Å². The molecule has 1 amide bonds. The SMILES string of the molecule is Cc1ccc(OC(C)(C)C(=O)NC2[C@@H]3CC4C[C@H]2CC(OCc2ccccc2)(C4)C3)cc1. The average Bonchev–Trinajstić information content (AvgIpc) is 2.76. The maximum atomic E-state index is 13.3. The first-order chi connectivity index (χ1) is 15.3. The molecule has 3 unspecified atom stereocenters. The van der Waals surface area contributed by atoms with E-state index in [1.807, 2.05) is 51.1 Å². The number of nitrogens with one attached hydrogen (secondary N) is 1. The molecule has 0 heterocycles. The molecule has 5 atom stereocenters. The Hall–Kier alpha value is -2.33. The number of carbonyl (C=O) groups is 1. The number of hydrogen-bond donors (Lipinski definition) is 1. The molecule has 1 N–H and O–H groups in total. The van der Waals surface area contributed by atoms with E-state index in [0.29, 0.717) is 18.4 Å². The Morgan fingerprint density at radius 2 is 1.66 bits per heavy atom. The molecule has 170 valence electrons. The van der Waals surface area contributed by atoms with E-state index < -0.39 is 5.60 Å². The molecule has 0 aromatic heterocycles. The quantitative estimate of drug-likeness (QED) is 0.633. The molecule has 2 aromatic carbocycles. The number of hydrogen-bond acceptors (Lipinski definition) is 3. The Kier molecular flexibility index (Phi) is 5.53. The van der Waals surface area contributed by atoms with Crippen molar-refractivity contribution in [2.45, 2.75) is 76.7 Å². The molecule has 4 fully saturated rings. The van der Waals surface area contributed by atoms with Gasteiger partial charge in [-0.15, -0.1) is 0 Å². The normalized spacial score (nSPS) is 30.8. The second-order valence-electron chi connectivity index (χ2n) is 10.9. The molecule has 32 heavy (non-hydrogen) atoms. The highest BCUT2D eigenvalue weighted by molar-refractivity contribution is 5.85. The molecule has 4 aliphatic carbocycles. The van der Waals surface area contributed by atoms with Crippen LogP contribution in [0.1, 0.15) is 57.1 Å². The Labute approximate surface area is 191 Å². The van der Waals surface area contributed by atoms with Gasteiger partial charge >= 0.3 is 0 Å². The Morgan fingerprint density at radius 3 is 2.31 bits per heavy atom. The van der Waals surface area contributed by atoms with Crippen molar-refractivity contribution in [2.75, 3.05) is 0 Å². The Balaban J connectivity index is 1.23. The van der Waals surface area contributed by atoms with Crippen LogP contribution in [0.25, 0.3) is 0 Å². The van der Waals surface area contributed by atoms with E-state index in [0.717, 1.165) is 24.5 Å². The summed E-state index contributed by atoms with van der Waals surface area (Å²) in [6.45, 7) is 6.46. The van der Waals surface area contributed by atoms with Crippen molar-refractivity contribution in [3.05, 3.63) is 65.7 Å². The lowest BCUT2D eigenvalue weighted by Crippen LogP contribution is -2.64. The van der Waals surface area contributed by atoms with Crippen LogP contribution in [0.5, 0.6) is 5.75 Å². The zero-order chi connectivity index (χ0) is 22.3. The highest BCUT2D eigenvalue weighted by Gasteiger charge is 2.56. The number of ether oxygens (including phenoxy) is 2. The van der Waals surface area contributed by atoms with Crippen LogP contribution in [0.4, 0.5) is 0 Å². The first-order valence-corrected chi connectivity index (χ1v) is 12.1. The number of carbonyl (C=O) groups excluding carboxylic acids is 1. The van der Waals surface area contributed by atoms with Gasteiger partial charge in [0, 0.05) is 6.04 Å². The van der Waals surface area contributed by atoms with Crippen molar-refractivity contribution >= 4 is 5.91 Å². The van der Waals surface area contributed by atoms with Gasteiger partial charge < -0.3 is 14.8 Å². The standard InChI is InChI=1S/C28H35NO3/c1-19-9-11-24(12-10-19)32-27(2,3)26(30)29-25-22-13-21-14-23(25)17-28(15-21,16-22)31-18-20-7-5-4-6-8-20/h4-12,21-23,25H,13-18H2,1-3H3,(H,29,30)/t21?,22-,23+,25?,28?. The number of aryl methyl sites for hydroxylation is 1. The van der Waals surface area contributed by atoms with Gasteiger partial charge in [-0.2, -0.15) is 0 Å². The monoisotopic (exact) mass is 433 g/mol. The van der Waals surface area contributed by atoms with E-state index in [2.05, 4.69) is 29.6 Å². The highest BCUT2D eigenvalue weighted by atomic mass is 16.5. The lowest BCUT2D eigenvalue weighted by Gasteiger charge is -2.59. The molecule has 0 aliphatic heterocycles. The fourth-order valence-corrected chi connectivity index (χ4v) is 6.45. The predicted molar refractivity (Wildman–Crippen MR) is 125 cm³/mol. The molecule has 4 heteroatoms. The largest absolute Gasteiger partial charge is 0.478 e. The summed E-state index contributed by atoms with van der Waals surface area (Å²) in [4.78, 5) is 13.3. The third-order valence-electron chi connectivity index (χ3n) is 7.84. The van der Waals surface area contributed by atoms with Gasteiger partial charge in [0.1, 0.15) is 5.75 Å². The average molecular weight is 434 g/mol. The topological polar surface area (TPSA) is 47.6 Å². The van der Waals surface area contributed by atoms with Crippen LogP contribution >= 0.6 is 0 Å². The molecular formula is C28H35NO3. The molecule has 0 radical (unpaired) electrons. The Bertz CT molecular complexity index is 936. The van der Waals surface area contributed by atoms with Crippen LogP contribution in [0, 0.1) is 24.7 Å². The summed E-state index contributed by atoms with van der Waals surface area (Å²) in [5.41, 5.74) is 1.49. The van der Waals surface area contributed by atoms with Crippen LogP contribution in [0.3, 0.4) is 0 Å². The zero-order valence-corrected chi connectivity index (χ0v) is 19.5. The van der Waals surface area contributed by atoms with Crippen molar-refractivity contribution < 1.29 is 14.3 Å². The summed E-state index contributed by atoms with van der Waals surface area (Å²) >= 11 is 0. The number of rotatable bonds is 7. The molecule has 4 bridgehead atoms. The van der Waals surface area contributed by atoms with Crippen LogP contribution in [-0.2, 0) is 16.1 Å². The third kappa shape index (κ3) is 4.30. The molecule has 0 saturated heterocycles. The summed E-state index contributed by atoms with van der Waals surface area (Å²) in [5, 5.41) is 3.41. The van der Waals surface area contributed by atoms with Gasteiger partial charge in [0.15, 0.2) is 5.60 Å². The fourth-order valence-electron chi connectivity index (χ4n) is 6.45. The second-order valence-corrected chi connectivity index (χ2v) is 10.9. The van der Waals surface area contributed by atoms with Crippen LogP contribution in [0.15, 0.2) is 54.6 Å². The zero-order valence-electron chi connectivity index (χ0n) is 19.5. The van der Waals surface area contributed by atoms with E-state index in [4.69, 9.17) is 9.47 Å². The summed E-state index contributed by atoms with van der Waals surface area (Å²) in [7, 11) is 0. The molecule has 4 aliphatic rings. The van der Waals surface area contributed by atoms with E-state index in [1.54, 1.807) is 0 Å². The summed E-state index contributed by atoms with van der Waals surface area (Å²) in [5.74, 6) is 2.43. The maximum Gasteiger partial charge on any atom is 0.263 e. The van der Waals surface area contributed by atoms with E-state index in [-0.39, 0.29) is 17.6 Å². The first-order valence-electron chi connectivity index (χ1n) is 12.1. The Morgan fingerprint density at radius 1 is 1.00 bits per heavy atom. The molecule has 6 rings (SSSR count). The fraction of sp³-hybridized carbons (Fsp3) is 0.536. The highest BCUT2D eigenvalue weighted by Crippen LogP contribution is 2.57. The van der Waals surface area contributed by atoms with E-state index in [9.17, 15) is 4.79 Å². The van der Waals surface area contributed by atoms with Crippen LogP contribution in [-0.4, -0.2) is 23.2 Å². The minimum Gasteiger partial charge on any atom is -0.478 e. The van der Waals surface area contributed by atoms with Gasteiger partial charge in [0.05, 0.1) is 12.2 Å². The minimum absolute atomic E-state index is 0.0124. The van der Waals surface area contributed by atoms with Crippen molar-refractivity contribution in [3.63, 3.8) is 0 Å². The van der Waals surface area contributed by atoms with Gasteiger partial charge in [-0.25, -0.2) is 0 Å². The van der Waals surface area contributed by atoms with Crippen molar-refractivity contribution in [1.82, 2.24) is 5.32 Å². The molecule has 4 saturated carbocycles. The summed E-state index contributed by atoms with van der Waals surface area (Å²) in [6, 6.07) is 18.6. The van der Waals surface area contributed by atoms with Gasteiger partial charge in [-0.1, -0.05) is 48.0 Å². The number of amides is 1. The molecule has 0 spiro atoms. The molecular weight excluding hydrogens is 398 g/mol. The predicted octanol–water partition coefficient (Wildman–Crippen LogP) is 5.43. The number of benzene rings is 2. The summed E-state index contributed by atoms with van der Waals surface area (Å²) < 4.78 is 12.7. The van der Waals surface area contributed by atoms with Crippen molar-refractivity contribution in [1.29, 1.82) is 0 Å². The molecule has 2 aromatic rings. The van der Waals surface area contributed by atoms with E-state index in [1.165, 1.54) is 30.4 Å². The third-order valence-corrected chi connectivity index (χ3v) is 7.84. The van der Waals surface area contributed by atoms with Crippen molar-refractivity contribution in [3.8, 4) is 5.75 Å². The first kappa shape index (κ1) is 21.5. The minimum atomic E-state index is -0.911. The second kappa shape index (κ2) is 8.22. The lowest BCUT2D eigenvalue weighted by molar-refractivity contribution is -0.181. The summed E-state index contributed by atoms with van der Waals surface area (Å²) in [6.07, 6.45) is 5.69. The maximum absolute atomic E-state index is 13.3. The smallest absolute Gasteiger partial charge is 0.263 e. The van der Waals surface area contributed by atoms with Gasteiger partial charge in [-0.3, -0.25) is 4.79 Å². The van der Waals surface area contributed by atoms with Crippen LogP contribution < -0.4 is 10.1 Å². The lowest BCUT2D eigenvalue weighted by atomic mass is 9.52. The molecule has 4 nitrogen and oxygen atoms in total. The van der Waals surface area contributed by atoms with Gasteiger partial charge in [0.25, 0.3) is 5.91 Å². The van der Waals surface area contributed by atoms with Crippen molar-refractivity contribution in [2.24, 2.45) is 17.8 Å². The van der Waals surface area contributed by atoms with Gasteiger partial charge in [-0.05, 0) is 88.3 Å². The van der Waals surface area contributed by atoms with Crippen LogP contribution in [0.2, 0.25) is 0 Å².